The highest BCUT2D eigenvalue weighted by molar-refractivity contribution is 6.06. The summed E-state index contributed by atoms with van der Waals surface area (Å²) in [4.78, 5) is 30.1. The van der Waals surface area contributed by atoms with Gasteiger partial charge in [0.15, 0.2) is 0 Å². The third-order valence-electron chi connectivity index (χ3n) is 5.08. The molecule has 0 radical (unpaired) electrons. The Morgan fingerprint density at radius 2 is 2.09 bits per heavy atom. The van der Waals surface area contributed by atoms with Crippen LogP contribution in [0.4, 0.5) is 4.79 Å². The van der Waals surface area contributed by atoms with Crippen LogP contribution in [0, 0.1) is 5.92 Å². The summed E-state index contributed by atoms with van der Waals surface area (Å²) in [5.74, 6) is -0.0853. The maximum absolute atomic E-state index is 12.1. The molecule has 0 aliphatic carbocycles. The Bertz CT molecular complexity index is 577. The van der Waals surface area contributed by atoms with E-state index in [9.17, 15) is 9.59 Å². The summed E-state index contributed by atoms with van der Waals surface area (Å²) in [6.07, 6.45) is 5.58. The molecule has 6 heteroatoms. The number of nitrogens with one attached hydrogen (secondary N) is 2. The zero-order valence-corrected chi connectivity index (χ0v) is 13.0. The van der Waals surface area contributed by atoms with Crippen LogP contribution in [0.3, 0.4) is 0 Å². The molecule has 3 rings (SSSR count). The van der Waals surface area contributed by atoms with Gasteiger partial charge in [0.25, 0.3) is 5.91 Å². The minimum Gasteiger partial charge on any atom is -0.323 e. The Kier molecular flexibility index (Phi) is 3.87. The van der Waals surface area contributed by atoms with Crippen LogP contribution < -0.4 is 10.6 Å². The number of carbonyl (C=O) groups excluding carboxylic acids is 2. The molecule has 0 aromatic carbocycles. The first kappa shape index (κ1) is 15.0. The van der Waals surface area contributed by atoms with Gasteiger partial charge in [0, 0.05) is 30.9 Å². The highest BCUT2D eigenvalue weighted by Crippen LogP contribution is 2.33. The fraction of sp³-hybridized carbons (Fsp3) is 0.562. The Morgan fingerprint density at radius 3 is 2.73 bits per heavy atom. The van der Waals surface area contributed by atoms with E-state index in [1.165, 1.54) is 5.56 Å². The lowest BCUT2D eigenvalue weighted by atomic mass is 9.79. The zero-order valence-electron chi connectivity index (χ0n) is 13.0. The number of aromatic nitrogens is 1. The predicted molar refractivity (Wildman–Crippen MR) is 82.0 cm³/mol. The molecule has 0 unspecified atom stereocenters. The third kappa shape index (κ3) is 2.59. The molecule has 6 nitrogen and oxygen atoms in total. The fourth-order valence-corrected chi connectivity index (χ4v) is 3.53. The van der Waals surface area contributed by atoms with Gasteiger partial charge in [0.05, 0.1) is 0 Å². The van der Waals surface area contributed by atoms with E-state index in [2.05, 4.69) is 27.4 Å². The number of carbonyl (C=O) groups is 2. The molecule has 3 atom stereocenters. The van der Waals surface area contributed by atoms with Crippen molar-refractivity contribution in [1.82, 2.24) is 20.5 Å². The molecule has 0 spiro atoms. The predicted octanol–water partition coefficient (Wildman–Crippen LogP) is 1.45. The van der Waals surface area contributed by atoms with Gasteiger partial charge in [-0.1, -0.05) is 0 Å². The Morgan fingerprint density at radius 1 is 1.36 bits per heavy atom. The minimum atomic E-state index is -0.798. The first-order valence-electron chi connectivity index (χ1n) is 7.78. The van der Waals surface area contributed by atoms with Crippen molar-refractivity contribution in [3.8, 4) is 0 Å². The summed E-state index contributed by atoms with van der Waals surface area (Å²) in [7, 11) is 0. The first-order valence-corrected chi connectivity index (χ1v) is 7.78. The molecular weight excluding hydrogens is 280 g/mol. The van der Waals surface area contributed by atoms with Crippen LogP contribution >= 0.6 is 0 Å². The normalized spacial score (nSPS) is 30.7. The summed E-state index contributed by atoms with van der Waals surface area (Å²) >= 11 is 0. The van der Waals surface area contributed by atoms with E-state index < -0.39 is 5.54 Å². The second kappa shape index (κ2) is 5.68. The number of nitrogens with zero attached hydrogens (tertiary/aromatic N) is 2. The maximum atomic E-state index is 12.1. The largest absolute Gasteiger partial charge is 0.323 e. The third-order valence-corrected chi connectivity index (χ3v) is 5.08. The van der Waals surface area contributed by atoms with Crippen molar-refractivity contribution in [2.45, 2.75) is 38.3 Å². The summed E-state index contributed by atoms with van der Waals surface area (Å²) in [5.41, 5.74) is 0.425. The van der Waals surface area contributed by atoms with Crippen LogP contribution in [0.5, 0.6) is 0 Å². The lowest BCUT2D eigenvalue weighted by Crippen LogP contribution is -2.56. The number of piperidine rings is 1. The van der Waals surface area contributed by atoms with Crippen LogP contribution in [0.2, 0.25) is 0 Å². The molecule has 2 saturated heterocycles. The number of likely N-dealkylation sites (tertiary alicyclic amines) is 1. The van der Waals surface area contributed by atoms with Gasteiger partial charge < -0.3 is 5.32 Å². The number of imide groups is 1. The second-order valence-corrected chi connectivity index (χ2v) is 6.40. The molecule has 2 N–H and O–H groups in total. The van der Waals surface area contributed by atoms with E-state index in [1.807, 2.05) is 19.1 Å². The van der Waals surface area contributed by atoms with E-state index in [4.69, 9.17) is 0 Å². The number of hydrogen-bond donors (Lipinski definition) is 2. The van der Waals surface area contributed by atoms with E-state index in [0.29, 0.717) is 0 Å². The van der Waals surface area contributed by atoms with Crippen molar-refractivity contribution in [3.05, 3.63) is 30.1 Å². The van der Waals surface area contributed by atoms with Crippen molar-refractivity contribution in [2.75, 3.05) is 13.1 Å². The highest BCUT2D eigenvalue weighted by atomic mass is 16.2. The highest BCUT2D eigenvalue weighted by Gasteiger charge is 2.49. The number of amides is 3. The molecule has 2 aliphatic heterocycles. The van der Waals surface area contributed by atoms with Gasteiger partial charge in [-0.15, -0.1) is 0 Å². The van der Waals surface area contributed by atoms with Crippen LogP contribution in [0.1, 0.15) is 38.3 Å². The quantitative estimate of drug-likeness (QED) is 0.829. The molecule has 3 heterocycles. The monoisotopic (exact) mass is 302 g/mol. The molecule has 1 aromatic rings. The van der Waals surface area contributed by atoms with Crippen molar-refractivity contribution in [1.29, 1.82) is 0 Å². The minimum absolute atomic E-state index is 0.122. The summed E-state index contributed by atoms with van der Waals surface area (Å²) in [6.45, 7) is 5.81. The first-order chi connectivity index (χ1) is 10.5. The van der Waals surface area contributed by atoms with Gasteiger partial charge in [0.1, 0.15) is 5.54 Å². The Labute approximate surface area is 130 Å². The standard InChI is InChI=1S/C16H22N4O2/c1-11(12-5-7-17-8-6-12)20-9-3-4-13(10-20)16(2)14(21)18-15(22)19-16/h5-8,11,13H,3-4,9-10H2,1-2H3,(H2,18,19,21,22)/t11-,13-,16+/m1/s1. The van der Waals surface area contributed by atoms with Gasteiger partial charge in [-0.2, -0.15) is 0 Å². The summed E-state index contributed by atoms with van der Waals surface area (Å²) in [6, 6.07) is 3.95. The SMILES string of the molecule is C[C@H](c1ccncc1)N1CCC[C@@H]([C@]2(C)NC(=O)NC2=O)C1. The average Bonchev–Trinajstić information content (AvgIpc) is 2.81. The lowest BCUT2D eigenvalue weighted by molar-refractivity contribution is -0.126. The van der Waals surface area contributed by atoms with E-state index in [0.717, 1.165) is 25.9 Å². The molecule has 22 heavy (non-hydrogen) atoms. The fourth-order valence-electron chi connectivity index (χ4n) is 3.53. The average molecular weight is 302 g/mol. The van der Waals surface area contributed by atoms with Crippen LogP contribution in [-0.2, 0) is 4.79 Å². The van der Waals surface area contributed by atoms with Gasteiger partial charge in [0.2, 0.25) is 0 Å². The van der Waals surface area contributed by atoms with Crippen LogP contribution in [-0.4, -0.2) is 40.5 Å². The molecule has 0 bridgehead atoms. The smallest absolute Gasteiger partial charge is 0.322 e. The Hall–Kier alpha value is -1.95. The van der Waals surface area contributed by atoms with Gasteiger partial charge >= 0.3 is 6.03 Å². The molecule has 2 aliphatic rings. The van der Waals surface area contributed by atoms with Crippen LogP contribution in [0.15, 0.2) is 24.5 Å². The van der Waals surface area contributed by atoms with Crippen molar-refractivity contribution < 1.29 is 9.59 Å². The second-order valence-electron chi connectivity index (χ2n) is 6.40. The molecule has 118 valence electrons. The van der Waals surface area contributed by atoms with E-state index in [1.54, 1.807) is 12.4 Å². The van der Waals surface area contributed by atoms with E-state index >= 15 is 0 Å². The topological polar surface area (TPSA) is 74.3 Å². The number of hydrogen-bond acceptors (Lipinski definition) is 4. The van der Waals surface area contributed by atoms with Crippen molar-refractivity contribution in [3.63, 3.8) is 0 Å². The molecule has 2 fully saturated rings. The number of urea groups is 1. The van der Waals surface area contributed by atoms with Gasteiger partial charge in [-0.3, -0.25) is 20.0 Å². The van der Waals surface area contributed by atoms with Gasteiger partial charge in [-0.05, 0) is 50.9 Å². The molecule has 0 saturated carbocycles. The lowest BCUT2D eigenvalue weighted by Gasteiger charge is -2.42. The zero-order chi connectivity index (χ0) is 15.7. The summed E-state index contributed by atoms with van der Waals surface area (Å²) in [5, 5.41) is 5.18. The number of rotatable bonds is 3. The van der Waals surface area contributed by atoms with Crippen molar-refractivity contribution >= 4 is 11.9 Å². The summed E-state index contributed by atoms with van der Waals surface area (Å²) < 4.78 is 0. The van der Waals surface area contributed by atoms with Crippen molar-refractivity contribution in [2.24, 2.45) is 5.92 Å². The Balaban J connectivity index is 1.75. The molecule has 3 amide bonds. The maximum Gasteiger partial charge on any atom is 0.322 e. The molecule has 1 aromatic heterocycles. The van der Waals surface area contributed by atoms with E-state index in [-0.39, 0.29) is 23.9 Å². The molecular formula is C16H22N4O2. The van der Waals surface area contributed by atoms with Crippen LogP contribution in [0.25, 0.3) is 0 Å². The van der Waals surface area contributed by atoms with Gasteiger partial charge in [-0.25, -0.2) is 4.79 Å². The number of pyridine rings is 1.